The highest BCUT2D eigenvalue weighted by Gasteiger charge is 2.17. The van der Waals surface area contributed by atoms with Gasteiger partial charge in [0, 0.05) is 36.3 Å². The lowest BCUT2D eigenvalue weighted by molar-refractivity contribution is 0.424. The van der Waals surface area contributed by atoms with Gasteiger partial charge in [-0.3, -0.25) is 4.57 Å². The van der Waals surface area contributed by atoms with Crippen molar-refractivity contribution in [2.24, 2.45) is 12.0 Å². The number of hydrogen-bond acceptors (Lipinski definition) is 5. The first kappa shape index (κ1) is 14.9. The Kier molecular flexibility index (Phi) is 4.04. The van der Waals surface area contributed by atoms with Crippen molar-refractivity contribution in [3.05, 3.63) is 41.2 Å². The Bertz CT molecular complexity index is 810. The van der Waals surface area contributed by atoms with Crippen molar-refractivity contribution in [3.8, 4) is 5.88 Å². The van der Waals surface area contributed by atoms with Crippen LogP contribution in [0.25, 0.3) is 11.6 Å². The van der Waals surface area contributed by atoms with Crippen LogP contribution in [-0.2, 0) is 7.05 Å². The van der Waals surface area contributed by atoms with Gasteiger partial charge in [-0.1, -0.05) is 29.4 Å². The van der Waals surface area contributed by atoms with Crippen LogP contribution < -0.4 is 0 Å². The molecular formula is C15H13ClN4OS. The molecule has 1 aliphatic rings. The first-order chi connectivity index (χ1) is 10.6. The molecule has 0 atom stereocenters. The van der Waals surface area contributed by atoms with Gasteiger partial charge in [0.05, 0.1) is 5.02 Å². The Labute approximate surface area is 137 Å². The van der Waals surface area contributed by atoms with Crippen molar-refractivity contribution in [2.75, 3.05) is 5.75 Å². The highest BCUT2D eigenvalue weighted by Crippen LogP contribution is 2.34. The summed E-state index contributed by atoms with van der Waals surface area (Å²) in [6.07, 6.45) is 6.82. The molecule has 0 aliphatic carbocycles. The summed E-state index contributed by atoms with van der Waals surface area (Å²) in [5.41, 5.74) is 2.14. The number of aromatic hydroxyl groups is 1. The summed E-state index contributed by atoms with van der Waals surface area (Å²) in [5, 5.41) is 11.5. The molecule has 1 N–H and O–H groups in total. The zero-order valence-corrected chi connectivity index (χ0v) is 13.4. The van der Waals surface area contributed by atoms with E-state index in [2.05, 4.69) is 21.5 Å². The summed E-state index contributed by atoms with van der Waals surface area (Å²) in [6.45, 7) is 3.68. The predicted octanol–water partition coefficient (Wildman–Crippen LogP) is 3.71. The van der Waals surface area contributed by atoms with Crippen molar-refractivity contribution >= 4 is 47.0 Å². The van der Waals surface area contributed by atoms with E-state index in [1.807, 2.05) is 0 Å². The van der Waals surface area contributed by atoms with Crippen molar-refractivity contribution in [1.29, 1.82) is 0 Å². The zero-order chi connectivity index (χ0) is 15.7. The molecule has 0 aromatic carbocycles. The van der Waals surface area contributed by atoms with E-state index in [-0.39, 0.29) is 5.88 Å². The molecule has 0 saturated carbocycles. The molecule has 3 rings (SSSR count). The number of imidazole rings is 1. The molecular weight excluding hydrogens is 320 g/mol. The molecule has 0 radical (unpaired) electrons. The van der Waals surface area contributed by atoms with E-state index < -0.39 is 0 Å². The van der Waals surface area contributed by atoms with Crippen LogP contribution in [0.15, 0.2) is 35.1 Å². The molecule has 2 aromatic heterocycles. The highest BCUT2D eigenvalue weighted by molar-refractivity contribution is 7.99. The van der Waals surface area contributed by atoms with E-state index in [0.29, 0.717) is 16.5 Å². The van der Waals surface area contributed by atoms with E-state index >= 15 is 0 Å². The molecule has 0 bridgehead atoms. The number of hydrogen-bond donors (Lipinski definition) is 1. The minimum Gasteiger partial charge on any atom is -0.493 e. The third-order valence-electron chi connectivity index (χ3n) is 3.14. The third kappa shape index (κ3) is 2.67. The first-order valence-corrected chi connectivity index (χ1v) is 7.87. The second-order valence-corrected chi connectivity index (χ2v) is 6.07. The van der Waals surface area contributed by atoms with E-state index in [0.717, 1.165) is 22.0 Å². The molecule has 0 saturated heterocycles. The van der Waals surface area contributed by atoms with Gasteiger partial charge in [-0.05, 0) is 12.1 Å². The number of aliphatic imine (C=N–C) groups is 1. The Hall–Kier alpha value is -2.05. The van der Waals surface area contributed by atoms with E-state index in [1.54, 1.807) is 42.2 Å². The molecule has 0 amide bonds. The lowest BCUT2D eigenvalue weighted by atomic mass is 10.1. The largest absolute Gasteiger partial charge is 0.493 e. The predicted molar refractivity (Wildman–Crippen MR) is 91.1 cm³/mol. The van der Waals surface area contributed by atoms with Gasteiger partial charge < -0.3 is 5.11 Å². The maximum Gasteiger partial charge on any atom is 0.219 e. The van der Waals surface area contributed by atoms with Crippen molar-refractivity contribution in [3.63, 3.8) is 0 Å². The van der Waals surface area contributed by atoms with Gasteiger partial charge in [-0.25, -0.2) is 15.0 Å². The van der Waals surface area contributed by atoms with Gasteiger partial charge in [-0.15, -0.1) is 6.58 Å². The maximum atomic E-state index is 10.2. The monoisotopic (exact) mass is 332 g/mol. The van der Waals surface area contributed by atoms with E-state index in [4.69, 9.17) is 11.6 Å². The van der Waals surface area contributed by atoms with Gasteiger partial charge in [-0.2, -0.15) is 0 Å². The van der Waals surface area contributed by atoms with Crippen LogP contribution in [-0.4, -0.2) is 31.6 Å². The highest BCUT2D eigenvalue weighted by atomic mass is 35.5. The summed E-state index contributed by atoms with van der Waals surface area (Å²) in [5.74, 6) is 1.45. The number of aromatic nitrogens is 3. The number of fused-ring (bicyclic) bond motifs is 1. The number of halogens is 1. The SMILES string of the molecule is C=CCSc1nc(C=C2C=Nc3ncc(Cl)cc32)c(O)n1C. The average Bonchev–Trinajstić information content (AvgIpc) is 3.02. The van der Waals surface area contributed by atoms with Crippen LogP contribution in [0.1, 0.15) is 11.3 Å². The molecule has 0 fully saturated rings. The van der Waals surface area contributed by atoms with Crippen molar-refractivity contribution in [2.45, 2.75) is 5.16 Å². The molecule has 7 heteroatoms. The second kappa shape index (κ2) is 5.98. The zero-order valence-electron chi connectivity index (χ0n) is 11.8. The molecule has 22 heavy (non-hydrogen) atoms. The molecule has 2 aromatic rings. The summed E-state index contributed by atoms with van der Waals surface area (Å²) in [4.78, 5) is 12.8. The topological polar surface area (TPSA) is 63.3 Å². The molecule has 112 valence electrons. The van der Waals surface area contributed by atoms with Gasteiger partial charge in [0.25, 0.3) is 0 Å². The number of pyridine rings is 1. The van der Waals surface area contributed by atoms with Crippen molar-refractivity contribution < 1.29 is 5.11 Å². The van der Waals surface area contributed by atoms with Crippen LogP contribution in [0, 0.1) is 0 Å². The fourth-order valence-electron chi connectivity index (χ4n) is 2.06. The van der Waals surface area contributed by atoms with Crippen LogP contribution in [0.2, 0.25) is 5.02 Å². The van der Waals surface area contributed by atoms with Crippen LogP contribution >= 0.6 is 23.4 Å². The summed E-state index contributed by atoms with van der Waals surface area (Å²) < 4.78 is 1.64. The smallest absolute Gasteiger partial charge is 0.219 e. The molecule has 0 unspecified atom stereocenters. The summed E-state index contributed by atoms with van der Waals surface area (Å²) in [6, 6.07) is 1.80. The molecule has 5 nitrogen and oxygen atoms in total. The number of nitrogens with zero attached hydrogens (tertiary/aromatic N) is 4. The minimum absolute atomic E-state index is 0.107. The minimum atomic E-state index is 0.107. The van der Waals surface area contributed by atoms with Gasteiger partial charge >= 0.3 is 0 Å². The molecule has 1 aliphatic heterocycles. The van der Waals surface area contributed by atoms with E-state index in [1.165, 1.54) is 11.8 Å². The van der Waals surface area contributed by atoms with Crippen LogP contribution in [0.5, 0.6) is 5.88 Å². The van der Waals surface area contributed by atoms with Gasteiger partial charge in [0.2, 0.25) is 5.88 Å². The molecule has 0 spiro atoms. The standard InChI is InChI=1S/C15H13ClN4OS/c1-3-4-22-15-19-12(14(21)20(15)2)5-9-7-17-13-11(9)6-10(16)8-18-13/h3,5-8,21H,1,4H2,2H3. The lowest BCUT2D eigenvalue weighted by Crippen LogP contribution is -1.89. The number of allylic oxidation sites excluding steroid dienone is 1. The number of thioether (sulfide) groups is 1. The Morgan fingerprint density at radius 2 is 2.32 bits per heavy atom. The van der Waals surface area contributed by atoms with Crippen molar-refractivity contribution in [1.82, 2.24) is 14.5 Å². The lowest BCUT2D eigenvalue weighted by Gasteiger charge is -1.99. The second-order valence-electron chi connectivity index (χ2n) is 4.64. The fourth-order valence-corrected chi connectivity index (χ4v) is 2.93. The molecule has 3 heterocycles. The summed E-state index contributed by atoms with van der Waals surface area (Å²) in [7, 11) is 1.77. The van der Waals surface area contributed by atoms with E-state index in [9.17, 15) is 5.11 Å². The average molecular weight is 333 g/mol. The van der Waals surface area contributed by atoms with Crippen LogP contribution in [0.4, 0.5) is 5.82 Å². The quantitative estimate of drug-likeness (QED) is 0.684. The Balaban J connectivity index is 1.99. The maximum absolute atomic E-state index is 10.2. The number of rotatable bonds is 4. The Morgan fingerprint density at radius 1 is 1.50 bits per heavy atom. The Morgan fingerprint density at radius 3 is 3.09 bits per heavy atom. The fraction of sp³-hybridized carbons (Fsp3) is 0.133. The van der Waals surface area contributed by atoms with Gasteiger partial charge in [0.15, 0.2) is 11.0 Å². The summed E-state index contributed by atoms with van der Waals surface area (Å²) >= 11 is 7.49. The normalized spacial score (nSPS) is 14.5. The first-order valence-electron chi connectivity index (χ1n) is 6.51. The third-order valence-corrected chi connectivity index (χ3v) is 4.37. The van der Waals surface area contributed by atoms with Gasteiger partial charge in [0.1, 0.15) is 5.69 Å². The van der Waals surface area contributed by atoms with Crippen LogP contribution in [0.3, 0.4) is 0 Å².